The molecule has 0 aromatic heterocycles. The summed E-state index contributed by atoms with van der Waals surface area (Å²) in [5, 5.41) is 9.85. The Morgan fingerprint density at radius 3 is 2.43 bits per heavy atom. The van der Waals surface area contributed by atoms with Gasteiger partial charge in [0, 0.05) is 19.1 Å². The second-order valence-electron chi connectivity index (χ2n) is 6.39. The third-order valence-corrected chi connectivity index (χ3v) is 5.15. The van der Waals surface area contributed by atoms with Crippen molar-refractivity contribution in [2.45, 2.75) is 37.6 Å². The molecule has 5 heteroatoms. The second-order valence-corrected chi connectivity index (χ2v) is 6.39. The molecule has 23 heavy (non-hydrogen) atoms. The molecule has 1 saturated carbocycles. The molecule has 1 N–H and O–H groups in total. The quantitative estimate of drug-likeness (QED) is 0.915. The zero-order chi connectivity index (χ0) is 15.4. The molecule has 3 unspecified atom stereocenters. The van der Waals surface area contributed by atoms with E-state index in [4.69, 9.17) is 4.74 Å². The summed E-state index contributed by atoms with van der Waals surface area (Å²) in [6.45, 7) is 3.41. The monoisotopic (exact) mass is 339 g/mol. The van der Waals surface area contributed by atoms with Crippen LogP contribution in [0.5, 0.6) is 0 Å². The lowest BCUT2D eigenvalue weighted by Crippen LogP contribution is -2.50. The molecule has 0 spiro atoms. The van der Waals surface area contributed by atoms with Crippen LogP contribution in [-0.2, 0) is 9.53 Å². The maximum Gasteiger partial charge on any atom is 0.311 e. The largest absolute Gasteiger partial charge is 0.481 e. The van der Waals surface area contributed by atoms with Gasteiger partial charge in [0.15, 0.2) is 0 Å². The van der Waals surface area contributed by atoms with Gasteiger partial charge in [0.25, 0.3) is 0 Å². The number of carboxylic acids is 1. The average molecular weight is 340 g/mol. The summed E-state index contributed by atoms with van der Waals surface area (Å²) in [4.78, 5) is 14.4. The number of morpholine rings is 1. The SMILES string of the molecule is Cl.O=C(O)C(c1ccccc1)C1CCCCC1N1CCOCC1. The van der Waals surface area contributed by atoms with Crippen LogP contribution in [-0.4, -0.2) is 48.3 Å². The molecule has 1 saturated heterocycles. The number of halogens is 1. The van der Waals surface area contributed by atoms with Gasteiger partial charge >= 0.3 is 5.97 Å². The summed E-state index contributed by atoms with van der Waals surface area (Å²) in [6.07, 6.45) is 4.47. The molecular formula is C18H26ClNO3. The van der Waals surface area contributed by atoms with Crippen LogP contribution in [0.15, 0.2) is 30.3 Å². The normalized spacial score (nSPS) is 27.0. The predicted octanol–water partition coefficient (Wildman–Crippen LogP) is 3.17. The molecule has 3 rings (SSSR count). The van der Waals surface area contributed by atoms with Gasteiger partial charge in [-0.05, 0) is 24.3 Å². The highest BCUT2D eigenvalue weighted by Crippen LogP contribution is 2.39. The van der Waals surface area contributed by atoms with Gasteiger partial charge in [0.2, 0.25) is 0 Å². The Kier molecular flexibility index (Phi) is 6.88. The highest BCUT2D eigenvalue weighted by Gasteiger charge is 2.39. The summed E-state index contributed by atoms with van der Waals surface area (Å²) >= 11 is 0. The summed E-state index contributed by atoms with van der Waals surface area (Å²) < 4.78 is 5.46. The standard InChI is InChI=1S/C18H25NO3.ClH/c20-18(21)17(14-6-2-1-3-7-14)15-8-4-5-9-16(15)19-10-12-22-13-11-19;/h1-3,6-7,15-17H,4-5,8-13H2,(H,20,21);1H. The number of aliphatic carboxylic acids is 1. The van der Waals surface area contributed by atoms with Gasteiger partial charge in [-0.1, -0.05) is 43.2 Å². The fourth-order valence-corrected chi connectivity index (χ4v) is 4.12. The minimum Gasteiger partial charge on any atom is -0.481 e. The molecule has 1 heterocycles. The van der Waals surface area contributed by atoms with E-state index in [-0.39, 0.29) is 18.3 Å². The Morgan fingerprint density at radius 1 is 1.13 bits per heavy atom. The smallest absolute Gasteiger partial charge is 0.311 e. The fourth-order valence-electron chi connectivity index (χ4n) is 4.12. The molecule has 1 aliphatic heterocycles. The molecular weight excluding hydrogens is 314 g/mol. The van der Waals surface area contributed by atoms with E-state index < -0.39 is 11.9 Å². The number of benzene rings is 1. The molecule has 0 bridgehead atoms. The van der Waals surface area contributed by atoms with Gasteiger partial charge in [-0.15, -0.1) is 12.4 Å². The Morgan fingerprint density at radius 2 is 1.78 bits per heavy atom. The van der Waals surface area contributed by atoms with Crippen molar-refractivity contribution in [1.82, 2.24) is 4.90 Å². The van der Waals surface area contributed by atoms with Crippen LogP contribution in [0.1, 0.15) is 37.2 Å². The number of ether oxygens (including phenoxy) is 1. The first-order valence-electron chi connectivity index (χ1n) is 8.37. The molecule has 0 amide bonds. The number of carbonyl (C=O) groups is 1. The fraction of sp³-hybridized carbons (Fsp3) is 0.611. The molecule has 1 aliphatic carbocycles. The Bertz CT molecular complexity index is 490. The molecule has 3 atom stereocenters. The van der Waals surface area contributed by atoms with Crippen molar-refractivity contribution < 1.29 is 14.6 Å². The Balaban J connectivity index is 0.00000192. The van der Waals surface area contributed by atoms with Crippen LogP contribution >= 0.6 is 12.4 Å². The number of rotatable bonds is 4. The number of hydrogen-bond donors (Lipinski definition) is 1. The van der Waals surface area contributed by atoms with Crippen LogP contribution in [0, 0.1) is 5.92 Å². The van der Waals surface area contributed by atoms with Crippen LogP contribution in [0.3, 0.4) is 0 Å². The third-order valence-electron chi connectivity index (χ3n) is 5.15. The van der Waals surface area contributed by atoms with Crippen LogP contribution in [0.2, 0.25) is 0 Å². The van der Waals surface area contributed by atoms with Gasteiger partial charge < -0.3 is 9.84 Å². The summed E-state index contributed by atoms with van der Waals surface area (Å²) in [7, 11) is 0. The minimum atomic E-state index is -0.684. The van der Waals surface area contributed by atoms with Crippen molar-refractivity contribution in [3.63, 3.8) is 0 Å². The minimum absolute atomic E-state index is 0. The Labute approximate surface area is 144 Å². The van der Waals surface area contributed by atoms with E-state index in [1.54, 1.807) is 0 Å². The second kappa shape index (κ2) is 8.67. The lowest BCUT2D eigenvalue weighted by Gasteiger charge is -2.43. The van der Waals surface area contributed by atoms with Crippen LogP contribution < -0.4 is 0 Å². The summed E-state index contributed by atoms with van der Waals surface area (Å²) in [6, 6.07) is 10.1. The topological polar surface area (TPSA) is 49.8 Å². The van der Waals surface area contributed by atoms with E-state index in [1.807, 2.05) is 30.3 Å². The van der Waals surface area contributed by atoms with Crippen LogP contribution in [0.4, 0.5) is 0 Å². The summed E-state index contributed by atoms with van der Waals surface area (Å²) in [5.41, 5.74) is 0.945. The first-order chi connectivity index (χ1) is 10.8. The molecule has 2 fully saturated rings. The van der Waals surface area contributed by atoms with Gasteiger partial charge in [-0.3, -0.25) is 9.69 Å². The van der Waals surface area contributed by atoms with Crippen molar-refractivity contribution in [2.24, 2.45) is 5.92 Å². The van der Waals surface area contributed by atoms with Crippen molar-refractivity contribution in [2.75, 3.05) is 26.3 Å². The molecule has 4 nitrogen and oxygen atoms in total. The lowest BCUT2D eigenvalue weighted by atomic mass is 9.73. The van der Waals surface area contributed by atoms with E-state index in [0.717, 1.165) is 51.1 Å². The molecule has 0 radical (unpaired) electrons. The number of hydrogen-bond acceptors (Lipinski definition) is 3. The van der Waals surface area contributed by atoms with E-state index in [1.165, 1.54) is 6.42 Å². The zero-order valence-electron chi connectivity index (χ0n) is 13.4. The van der Waals surface area contributed by atoms with Gasteiger partial charge in [-0.2, -0.15) is 0 Å². The van der Waals surface area contributed by atoms with Crippen molar-refractivity contribution in [3.8, 4) is 0 Å². The van der Waals surface area contributed by atoms with E-state index in [9.17, 15) is 9.90 Å². The van der Waals surface area contributed by atoms with Crippen molar-refractivity contribution in [1.29, 1.82) is 0 Å². The molecule has 1 aromatic rings. The first-order valence-corrected chi connectivity index (χ1v) is 8.37. The van der Waals surface area contributed by atoms with E-state index >= 15 is 0 Å². The highest BCUT2D eigenvalue weighted by atomic mass is 35.5. The summed E-state index contributed by atoms with van der Waals surface area (Å²) in [5.74, 6) is -0.877. The third kappa shape index (κ3) is 4.25. The zero-order valence-corrected chi connectivity index (χ0v) is 14.2. The first kappa shape index (κ1) is 18.2. The Hall–Kier alpha value is -1.10. The van der Waals surface area contributed by atoms with E-state index in [2.05, 4.69) is 4.90 Å². The molecule has 2 aliphatic rings. The maximum absolute atomic E-state index is 12.0. The van der Waals surface area contributed by atoms with E-state index in [0.29, 0.717) is 6.04 Å². The maximum atomic E-state index is 12.0. The predicted molar refractivity (Wildman–Crippen MR) is 92.2 cm³/mol. The van der Waals surface area contributed by atoms with Crippen LogP contribution in [0.25, 0.3) is 0 Å². The van der Waals surface area contributed by atoms with Gasteiger partial charge in [-0.25, -0.2) is 0 Å². The average Bonchev–Trinajstić information content (AvgIpc) is 2.57. The van der Waals surface area contributed by atoms with Gasteiger partial charge in [0.05, 0.1) is 19.1 Å². The number of carboxylic acid groups (broad SMARTS) is 1. The van der Waals surface area contributed by atoms with Crippen molar-refractivity contribution >= 4 is 18.4 Å². The number of nitrogens with zero attached hydrogens (tertiary/aromatic N) is 1. The van der Waals surface area contributed by atoms with Gasteiger partial charge in [0.1, 0.15) is 0 Å². The highest BCUT2D eigenvalue weighted by molar-refractivity contribution is 5.85. The lowest BCUT2D eigenvalue weighted by molar-refractivity contribution is -0.141. The van der Waals surface area contributed by atoms with Crippen molar-refractivity contribution in [3.05, 3.63) is 35.9 Å². The molecule has 128 valence electrons. The molecule has 1 aromatic carbocycles.